The van der Waals surface area contributed by atoms with Crippen LogP contribution in [0.4, 0.5) is 0 Å². The lowest BCUT2D eigenvalue weighted by atomic mass is 10.00. The van der Waals surface area contributed by atoms with E-state index in [0.29, 0.717) is 11.5 Å². The quantitative estimate of drug-likeness (QED) is 0.813. The minimum Gasteiger partial charge on any atom is -0.310 e. The zero-order chi connectivity index (χ0) is 12.0. The number of thiophene rings is 1. The maximum atomic E-state index is 6.17. The third-order valence-electron chi connectivity index (χ3n) is 4.25. The minimum atomic E-state index is 0.308. The van der Waals surface area contributed by atoms with Gasteiger partial charge < -0.3 is 5.32 Å². The third-order valence-corrected chi connectivity index (χ3v) is 5.76. The Balaban J connectivity index is 1.60. The molecule has 0 amide bonds. The van der Waals surface area contributed by atoms with Gasteiger partial charge in [0.2, 0.25) is 0 Å². The van der Waals surface area contributed by atoms with Crippen LogP contribution in [0.2, 0.25) is 8.67 Å². The lowest BCUT2D eigenvalue weighted by Crippen LogP contribution is -2.27. The molecule has 2 aliphatic rings. The van der Waals surface area contributed by atoms with E-state index in [9.17, 15) is 0 Å². The molecule has 1 heterocycles. The molecule has 17 heavy (non-hydrogen) atoms. The second kappa shape index (κ2) is 4.41. The predicted molar refractivity (Wildman–Crippen MR) is 75.1 cm³/mol. The normalized spacial score (nSPS) is 23.7. The molecule has 94 valence electrons. The van der Waals surface area contributed by atoms with Crippen molar-refractivity contribution in [3.63, 3.8) is 0 Å². The molecule has 2 saturated carbocycles. The molecule has 0 radical (unpaired) electrons. The van der Waals surface area contributed by atoms with Gasteiger partial charge in [-0.1, -0.05) is 23.2 Å². The molecule has 2 aliphatic carbocycles. The van der Waals surface area contributed by atoms with E-state index in [4.69, 9.17) is 23.2 Å². The summed E-state index contributed by atoms with van der Waals surface area (Å²) in [6, 6.07) is 2.30. The van der Waals surface area contributed by atoms with Gasteiger partial charge in [-0.25, -0.2) is 0 Å². The molecule has 1 N–H and O–H groups in total. The van der Waals surface area contributed by atoms with Gasteiger partial charge in [0.05, 0.1) is 8.67 Å². The summed E-state index contributed by atoms with van der Waals surface area (Å²) in [4.78, 5) is 0. The molecule has 0 aromatic carbocycles. The van der Waals surface area contributed by atoms with Crippen LogP contribution >= 0.6 is 34.5 Å². The van der Waals surface area contributed by atoms with E-state index in [1.165, 1.54) is 37.0 Å². The van der Waals surface area contributed by atoms with Gasteiger partial charge in [-0.3, -0.25) is 0 Å². The largest absolute Gasteiger partial charge is 0.310 e. The monoisotopic (exact) mass is 289 g/mol. The van der Waals surface area contributed by atoms with Crippen LogP contribution < -0.4 is 5.32 Å². The average molecular weight is 290 g/mol. The fraction of sp³-hybridized carbons (Fsp3) is 0.692. The number of hydrogen-bond donors (Lipinski definition) is 1. The van der Waals surface area contributed by atoms with Crippen LogP contribution in [0, 0.1) is 11.3 Å². The van der Waals surface area contributed by atoms with Crippen molar-refractivity contribution >= 4 is 34.5 Å². The maximum Gasteiger partial charge on any atom is 0.0991 e. The standard InChI is InChI=1S/C13H17Cl2NS/c1-8(10-6-11(14)17-12(10)15)16-7-13(4-5-13)9-2-3-9/h6,8-9,16H,2-5,7H2,1H3. The first-order chi connectivity index (χ1) is 8.11. The van der Waals surface area contributed by atoms with E-state index in [0.717, 1.165) is 26.7 Å². The Labute approximate surface area is 117 Å². The minimum absolute atomic E-state index is 0.308. The average Bonchev–Trinajstić information content (AvgIpc) is 3.13. The van der Waals surface area contributed by atoms with Crippen molar-refractivity contribution in [3.8, 4) is 0 Å². The summed E-state index contributed by atoms with van der Waals surface area (Å²) < 4.78 is 1.60. The van der Waals surface area contributed by atoms with E-state index >= 15 is 0 Å². The number of hydrogen-bond acceptors (Lipinski definition) is 2. The van der Waals surface area contributed by atoms with Crippen LogP contribution in [0.5, 0.6) is 0 Å². The molecule has 4 heteroatoms. The van der Waals surface area contributed by atoms with Gasteiger partial charge in [-0.05, 0) is 55.6 Å². The molecular weight excluding hydrogens is 273 g/mol. The van der Waals surface area contributed by atoms with Crippen LogP contribution in [0.15, 0.2) is 6.07 Å². The Morgan fingerprint density at radius 2 is 2.18 bits per heavy atom. The second-order valence-corrected chi connectivity index (χ2v) is 7.80. The first kappa shape index (κ1) is 12.3. The van der Waals surface area contributed by atoms with Crippen molar-refractivity contribution in [2.45, 2.75) is 38.6 Å². The van der Waals surface area contributed by atoms with Crippen molar-refractivity contribution in [2.75, 3.05) is 6.54 Å². The van der Waals surface area contributed by atoms with E-state index in [-0.39, 0.29) is 0 Å². The first-order valence-corrected chi connectivity index (χ1v) is 7.86. The molecule has 1 aromatic heterocycles. The van der Waals surface area contributed by atoms with E-state index in [1.807, 2.05) is 6.07 Å². The lowest BCUT2D eigenvalue weighted by Gasteiger charge is -2.19. The van der Waals surface area contributed by atoms with Gasteiger partial charge in [0.1, 0.15) is 0 Å². The lowest BCUT2D eigenvalue weighted by molar-refractivity contribution is 0.382. The number of rotatable bonds is 5. The molecule has 1 atom stereocenters. The molecule has 0 spiro atoms. The van der Waals surface area contributed by atoms with Crippen LogP contribution in [0.25, 0.3) is 0 Å². The smallest absolute Gasteiger partial charge is 0.0991 e. The summed E-state index contributed by atoms with van der Waals surface area (Å²) in [7, 11) is 0. The first-order valence-electron chi connectivity index (χ1n) is 6.29. The summed E-state index contributed by atoms with van der Waals surface area (Å²) >= 11 is 13.6. The van der Waals surface area contributed by atoms with Crippen molar-refractivity contribution in [1.29, 1.82) is 0 Å². The molecule has 3 rings (SSSR count). The van der Waals surface area contributed by atoms with Gasteiger partial charge in [-0.2, -0.15) is 0 Å². The summed E-state index contributed by atoms with van der Waals surface area (Å²) in [5.74, 6) is 1.00. The van der Waals surface area contributed by atoms with Crippen LogP contribution in [0.1, 0.15) is 44.2 Å². The number of nitrogens with one attached hydrogen (secondary N) is 1. The molecule has 2 fully saturated rings. The van der Waals surface area contributed by atoms with Gasteiger partial charge >= 0.3 is 0 Å². The Morgan fingerprint density at radius 1 is 1.47 bits per heavy atom. The van der Waals surface area contributed by atoms with Crippen molar-refractivity contribution < 1.29 is 0 Å². The molecule has 1 nitrogen and oxygen atoms in total. The van der Waals surface area contributed by atoms with E-state index < -0.39 is 0 Å². The molecule has 0 saturated heterocycles. The van der Waals surface area contributed by atoms with Crippen molar-refractivity contribution in [3.05, 3.63) is 20.3 Å². The highest BCUT2D eigenvalue weighted by Gasteiger charge is 2.53. The number of halogens is 2. The van der Waals surface area contributed by atoms with Crippen LogP contribution in [-0.2, 0) is 0 Å². The fourth-order valence-electron chi connectivity index (χ4n) is 2.70. The summed E-state index contributed by atoms with van der Waals surface area (Å²) in [6.45, 7) is 3.32. The predicted octanol–water partition coefficient (Wildman–Crippen LogP) is 4.90. The molecule has 0 aliphatic heterocycles. The zero-order valence-corrected chi connectivity index (χ0v) is 12.3. The molecule has 1 aromatic rings. The summed E-state index contributed by atoms with van der Waals surface area (Å²) in [5.41, 5.74) is 1.79. The molecule has 0 bridgehead atoms. The van der Waals surface area contributed by atoms with Crippen LogP contribution in [0.3, 0.4) is 0 Å². The Bertz CT molecular complexity index is 421. The Morgan fingerprint density at radius 3 is 2.65 bits per heavy atom. The highest BCUT2D eigenvalue weighted by Crippen LogP contribution is 2.61. The topological polar surface area (TPSA) is 12.0 Å². The van der Waals surface area contributed by atoms with Gasteiger partial charge in [0.15, 0.2) is 0 Å². The maximum absolute atomic E-state index is 6.17. The van der Waals surface area contributed by atoms with Gasteiger partial charge in [0, 0.05) is 12.6 Å². The summed E-state index contributed by atoms with van der Waals surface area (Å²) in [6.07, 6.45) is 5.72. The SMILES string of the molecule is CC(NCC1(C2CC2)CC1)c1cc(Cl)sc1Cl. The molecule has 1 unspecified atom stereocenters. The highest BCUT2D eigenvalue weighted by atomic mass is 35.5. The Hall–Kier alpha value is 0.240. The Kier molecular flexibility index (Phi) is 3.19. The van der Waals surface area contributed by atoms with Crippen molar-refractivity contribution in [2.24, 2.45) is 11.3 Å². The highest BCUT2D eigenvalue weighted by molar-refractivity contribution is 7.20. The second-order valence-electron chi connectivity index (χ2n) is 5.52. The van der Waals surface area contributed by atoms with Gasteiger partial charge in [-0.15, -0.1) is 11.3 Å². The fourth-order valence-corrected chi connectivity index (χ4v) is 4.35. The third kappa shape index (κ3) is 2.51. The van der Waals surface area contributed by atoms with Crippen LogP contribution in [-0.4, -0.2) is 6.54 Å². The summed E-state index contributed by atoms with van der Waals surface area (Å²) in [5, 5.41) is 3.64. The van der Waals surface area contributed by atoms with Gasteiger partial charge in [0.25, 0.3) is 0 Å². The van der Waals surface area contributed by atoms with Crippen molar-refractivity contribution in [1.82, 2.24) is 5.32 Å². The van der Waals surface area contributed by atoms with E-state index in [1.54, 1.807) is 0 Å². The van der Waals surface area contributed by atoms with E-state index in [2.05, 4.69) is 12.2 Å². The zero-order valence-electron chi connectivity index (χ0n) is 9.93. The molecular formula is C13H17Cl2NS.